The van der Waals surface area contributed by atoms with E-state index in [-0.39, 0.29) is 12.7 Å². The summed E-state index contributed by atoms with van der Waals surface area (Å²) in [5, 5.41) is 7.72. The fourth-order valence-electron chi connectivity index (χ4n) is 3.76. The van der Waals surface area contributed by atoms with E-state index in [1.165, 1.54) is 0 Å². The molecule has 7 heteroatoms. The molecule has 2 aromatic heterocycles. The Hall–Kier alpha value is -4.00. The molecular weight excluding hydrogens is 392 g/mol. The van der Waals surface area contributed by atoms with Crippen LogP contribution in [0.15, 0.2) is 67.0 Å². The number of carbonyl (C=O) groups is 1. The molecule has 0 aliphatic carbocycles. The minimum Gasteiger partial charge on any atom is -0.454 e. The first-order valence-electron chi connectivity index (χ1n) is 10.1. The number of aromatic nitrogens is 3. The quantitative estimate of drug-likeness (QED) is 0.537. The zero-order valence-electron chi connectivity index (χ0n) is 17.3. The highest BCUT2D eigenvalue weighted by atomic mass is 16.7. The summed E-state index contributed by atoms with van der Waals surface area (Å²) in [5.74, 6) is 1.94. The second-order valence-electron chi connectivity index (χ2n) is 7.50. The van der Waals surface area contributed by atoms with Gasteiger partial charge in [-0.3, -0.25) is 4.79 Å². The van der Waals surface area contributed by atoms with Gasteiger partial charge in [-0.1, -0.05) is 18.2 Å². The van der Waals surface area contributed by atoms with Gasteiger partial charge in [0.1, 0.15) is 5.56 Å². The Bertz CT molecular complexity index is 1260. The van der Waals surface area contributed by atoms with Crippen LogP contribution in [0.3, 0.4) is 0 Å². The van der Waals surface area contributed by atoms with Gasteiger partial charge in [0.15, 0.2) is 17.3 Å². The molecule has 0 unspecified atom stereocenters. The van der Waals surface area contributed by atoms with Crippen LogP contribution in [0.1, 0.15) is 27.2 Å². The molecule has 0 spiro atoms. The van der Waals surface area contributed by atoms with Crippen molar-refractivity contribution in [1.29, 1.82) is 0 Å². The molecule has 2 aromatic carbocycles. The number of ether oxygens (including phenoxy) is 2. The lowest BCUT2D eigenvalue weighted by Crippen LogP contribution is -2.24. The lowest BCUT2D eigenvalue weighted by atomic mass is 10.1. The molecule has 1 aliphatic rings. The highest BCUT2D eigenvalue weighted by Gasteiger charge is 2.24. The number of rotatable bonds is 5. The van der Waals surface area contributed by atoms with Crippen molar-refractivity contribution < 1.29 is 14.3 Å². The zero-order valence-corrected chi connectivity index (χ0v) is 17.3. The van der Waals surface area contributed by atoms with Gasteiger partial charge in [-0.15, -0.1) is 0 Å². The predicted molar refractivity (Wildman–Crippen MR) is 116 cm³/mol. The molecule has 4 aromatic rings. The van der Waals surface area contributed by atoms with Crippen molar-refractivity contribution in [2.75, 3.05) is 6.79 Å². The molecule has 1 amide bonds. The average Bonchev–Trinajstić information content (AvgIpc) is 3.51. The van der Waals surface area contributed by atoms with E-state index in [1.807, 2.05) is 90.1 Å². The summed E-state index contributed by atoms with van der Waals surface area (Å²) in [4.78, 5) is 13.3. The maximum Gasteiger partial charge on any atom is 0.257 e. The van der Waals surface area contributed by atoms with Gasteiger partial charge in [-0.25, -0.2) is 4.68 Å². The van der Waals surface area contributed by atoms with Crippen LogP contribution in [-0.4, -0.2) is 27.0 Å². The number of benzene rings is 2. The third-order valence-electron chi connectivity index (χ3n) is 5.25. The molecular formula is C24H22N4O3. The highest BCUT2D eigenvalue weighted by molar-refractivity contribution is 5.98. The normalized spacial score (nSPS) is 12.2. The number of amides is 1. The first-order chi connectivity index (χ1) is 15.1. The van der Waals surface area contributed by atoms with Crippen LogP contribution in [0.4, 0.5) is 0 Å². The Morgan fingerprint density at radius 3 is 2.65 bits per heavy atom. The average molecular weight is 414 g/mol. The van der Waals surface area contributed by atoms with Crippen LogP contribution < -0.4 is 14.8 Å². The van der Waals surface area contributed by atoms with Gasteiger partial charge >= 0.3 is 0 Å². The number of carbonyl (C=O) groups excluding carboxylic acids is 1. The lowest BCUT2D eigenvalue weighted by Gasteiger charge is -2.12. The molecule has 0 saturated heterocycles. The van der Waals surface area contributed by atoms with Gasteiger partial charge in [-0.2, -0.15) is 5.10 Å². The molecule has 1 N–H and O–H groups in total. The maximum absolute atomic E-state index is 13.3. The summed E-state index contributed by atoms with van der Waals surface area (Å²) < 4.78 is 14.5. The van der Waals surface area contributed by atoms with E-state index in [0.29, 0.717) is 29.4 Å². The first kappa shape index (κ1) is 19.0. The summed E-state index contributed by atoms with van der Waals surface area (Å²) in [6.07, 6.45) is 3.83. The molecule has 0 atom stereocenters. The van der Waals surface area contributed by atoms with Crippen LogP contribution in [-0.2, 0) is 6.54 Å². The highest BCUT2D eigenvalue weighted by Crippen LogP contribution is 2.32. The van der Waals surface area contributed by atoms with Crippen LogP contribution >= 0.6 is 0 Å². The van der Waals surface area contributed by atoms with Crippen molar-refractivity contribution in [3.05, 3.63) is 89.4 Å². The molecule has 0 fully saturated rings. The molecule has 7 nitrogen and oxygen atoms in total. The van der Waals surface area contributed by atoms with Gasteiger partial charge in [0.2, 0.25) is 6.79 Å². The van der Waals surface area contributed by atoms with Gasteiger partial charge in [-0.05, 0) is 61.4 Å². The van der Waals surface area contributed by atoms with E-state index in [0.717, 1.165) is 22.6 Å². The monoisotopic (exact) mass is 414 g/mol. The van der Waals surface area contributed by atoms with Crippen LogP contribution in [0.2, 0.25) is 0 Å². The minimum absolute atomic E-state index is 0.183. The Kier molecular flexibility index (Phi) is 4.71. The molecule has 0 radical (unpaired) electrons. The van der Waals surface area contributed by atoms with Crippen molar-refractivity contribution in [3.63, 3.8) is 0 Å². The molecule has 0 bridgehead atoms. The lowest BCUT2D eigenvalue weighted by molar-refractivity contribution is 0.0950. The number of hydrogen-bond acceptors (Lipinski definition) is 4. The zero-order chi connectivity index (χ0) is 21.4. The molecule has 0 saturated carbocycles. The molecule has 1 aliphatic heterocycles. The van der Waals surface area contributed by atoms with Crippen LogP contribution in [0.5, 0.6) is 11.5 Å². The Morgan fingerprint density at radius 2 is 1.84 bits per heavy atom. The molecule has 5 rings (SSSR count). The third-order valence-corrected chi connectivity index (χ3v) is 5.25. The van der Waals surface area contributed by atoms with Crippen molar-refractivity contribution in [2.24, 2.45) is 0 Å². The standard InChI is InChI=1S/C24H22N4O3/c1-16-6-5-7-19(12-16)28-24(27-10-3-4-11-27)22(17(2)26-28)23(29)25-14-18-8-9-20-21(13-18)31-15-30-20/h3-13H,14-15H2,1-2H3,(H,25,29). The number of nitrogens with zero attached hydrogens (tertiary/aromatic N) is 3. The fourth-order valence-corrected chi connectivity index (χ4v) is 3.76. The maximum atomic E-state index is 13.3. The SMILES string of the molecule is Cc1cccc(-n2nc(C)c(C(=O)NCc3ccc4c(c3)OCO4)c2-n2cccc2)c1. The number of nitrogens with one attached hydrogen (secondary N) is 1. The van der Waals surface area contributed by atoms with E-state index in [2.05, 4.69) is 5.32 Å². The summed E-state index contributed by atoms with van der Waals surface area (Å²) in [6, 6.07) is 17.6. The van der Waals surface area contributed by atoms with Crippen molar-refractivity contribution in [3.8, 4) is 23.0 Å². The van der Waals surface area contributed by atoms with E-state index >= 15 is 0 Å². The van der Waals surface area contributed by atoms with Gasteiger partial charge in [0.25, 0.3) is 5.91 Å². The van der Waals surface area contributed by atoms with E-state index in [9.17, 15) is 4.79 Å². The second-order valence-corrected chi connectivity index (χ2v) is 7.50. The Balaban J connectivity index is 1.49. The fraction of sp³-hybridized carbons (Fsp3) is 0.167. The summed E-state index contributed by atoms with van der Waals surface area (Å²) in [7, 11) is 0. The smallest absolute Gasteiger partial charge is 0.257 e. The molecule has 31 heavy (non-hydrogen) atoms. The topological polar surface area (TPSA) is 70.3 Å². The summed E-state index contributed by atoms with van der Waals surface area (Å²) in [6.45, 7) is 4.49. The van der Waals surface area contributed by atoms with Crippen molar-refractivity contribution >= 4 is 5.91 Å². The van der Waals surface area contributed by atoms with Crippen LogP contribution in [0.25, 0.3) is 11.5 Å². The van der Waals surface area contributed by atoms with Crippen LogP contribution in [0, 0.1) is 13.8 Å². The minimum atomic E-state index is -0.183. The Labute approximate surface area is 179 Å². The summed E-state index contributed by atoms with van der Waals surface area (Å²) in [5.41, 5.74) is 4.16. The third kappa shape index (κ3) is 3.54. The van der Waals surface area contributed by atoms with E-state index in [1.54, 1.807) is 0 Å². The van der Waals surface area contributed by atoms with Crippen molar-refractivity contribution in [2.45, 2.75) is 20.4 Å². The van der Waals surface area contributed by atoms with E-state index in [4.69, 9.17) is 14.6 Å². The number of hydrogen-bond donors (Lipinski definition) is 1. The predicted octanol–water partition coefficient (Wildman–Crippen LogP) is 3.94. The second kappa shape index (κ2) is 7.68. The molecule has 3 heterocycles. The first-order valence-corrected chi connectivity index (χ1v) is 10.1. The van der Waals surface area contributed by atoms with Gasteiger partial charge in [0.05, 0.1) is 11.4 Å². The number of fused-ring (bicyclic) bond motifs is 1. The Morgan fingerprint density at radius 1 is 1.03 bits per heavy atom. The van der Waals surface area contributed by atoms with E-state index < -0.39 is 0 Å². The largest absolute Gasteiger partial charge is 0.454 e. The van der Waals surface area contributed by atoms with Crippen molar-refractivity contribution in [1.82, 2.24) is 19.7 Å². The number of aryl methyl sites for hydroxylation is 2. The van der Waals surface area contributed by atoms with Gasteiger partial charge < -0.3 is 19.4 Å². The van der Waals surface area contributed by atoms with Gasteiger partial charge in [0, 0.05) is 18.9 Å². The summed E-state index contributed by atoms with van der Waals surface area (Å²) >= 11 is 0. The molecule has 156 valence electrons.